The van der Waals surface area contributed by atoms with Crippen molar-refractivity contribution in [1.82, 2.24) is 14.6 Å². The number of hydrogen-bond donors (Lipinski definition) is 0. The van der Waals surface area contributed by atoms with Crippen LogP contribution in [0.5, 0.6) is 0 Å². The van der Waals surface area contributed by atoms with Crippen molar-refractivity contribution in [2.45, 2.75) is 31.0 Å². The van der Waals surface area contributed by atoms with Crippen LogP contribution in [0.25, 0.3) is 15.7 Å². The van der Waals surface area contributed by atoms with Gasteiger partial charge in [0.05, 0.1) is 15.7 Å². The molecule has 1 aromatic carbocycles. The van der Waals surface area contributed by atoms with Crippen LogP contribution < -0.4 is 0 Å². The van der Waals surface area contributed by atoms with Crippen molar-refractivity contribution in [3.63, 3.8) is 0 Å². The minimum absolute atomic E-state index is 0.768. The summed E-state index contributed by atoms with van der Waals surface area (Å²) in [5.74, 6) is 1.83. The summed E-state index contributed by atoms with van der Waals surface area (Å²) in [6.45, 7) is 4.26. The van der Waals surface area contributed by atoms with Crippen LogP contribution in [-0.2, 0) is 12.2 Å². The molecule has 122 valence electrons. The molecule has 0 unspecified atom stereocenters. The van der Waals surface area contributed by atoms with Crippen LogP contribution >= 0.6 is 34.7 Å². The fourth-order valence-corrected chi connectivity index (χ4v) is 4.90. The molecule has 3 heterocycles. The van der Waals surface area contributed by atoms with Crippen molar-refractivity contribution < 1.29 is 0 Å². The molecule has 0 spiro atoms. The Morgan fingerprint density at radius 1 is 1.17 bits per heavy atom. The Balaban J connectivity index is 1.77. The molecule has 3 nitrogen and oxygen atoms in total. The zero-order valence-electron chi connectivity index (χ0n) is 13.4. The molecular weight excluding hydrogens is 358 g/mol. The molecule has 24 heavy (non-hydrogen) atoms. The smallest absolute Gasteiger partial charge is 0.143 e. The van der Waals surface area contributed by atoms with Crippen molar-refractivity contribution in [3.8, 4) is 0 Å². The van der Waals surface area contributed by atoms with Crippen LogP contribution in [0, 0.1) is 6.92 Å². The standard InChI is InChI=1S/C18H16ClN3S2/c1-3-17-20-21-18(23-10-12-5-4-6-13(19)8-12)15-9-16-14(22(15)17)7-11(2)24-16/h4-9H,3,10H2,1-2H3. The van der Waals surface area contributed by atoms with Crippen LogP contribution in [0.1, 0.15) is 23.2 Å². The van der Waals surface area contributed by atoms with E-state index in [0.29, 0.717) is 0 Å². The van der Waals surface area contributed by atoms with Gasteiger partial charge in [0.15, 0.2) is 0 Å². The van der Waals surface area contributed by atoms with E-state index in [1.165, 1.54) is 20.7 Å². The summed E-state index contributed by atoms with van der Waals surface area (Å²) < 4.78 is 3.55. The molecule has 4 rings (SSSR count). The van der Waals surface area contributed by atoms with Gasteiger partial charge in [-0.3, -0.25) is 4.40 Å². The summed E-state index contributed by atoms with van der Waals surface area (Å²) in [5, 5.41) is 10.7. The summed E-state index contributed by atoms with van der Waals surface area (Å²) in [5.41, 5.74) is 3.58. The van der Waals surface area contributed by atoms with Gasteiger partial charge in [0.25, 0.3) is 0 Å². The average Bonchev–Trinajstić information content (AvgIpc) is 3.09. The molecule has 0 aliphatic heterocycles. The molecule has 0 atom stereocenters. The monoisotopic (exact) mass is 373 g/mol. The maximum absolute atomic E-state index is 6.07. The third-order valence-corrected chi connectivity index (χ3v) is 6.19. The highest BCUT2D eigenvalue weighted by molar-refractivity contribution is 7.98. The van der Waals surface area contributed by atoms with Crippen molar-refractivity contribution in [2.24, 2.45) is 0 Å². The first-order valence-corrected chi connectivity index (χ1v) is 9.98. The summed E-state index contributed by atoms with van der Waals surface area (Å²) >= 11 is 9.60. The average molecular weight is 374 g/mol. The molecule has 0 N–H and O–H groups in total. The Labute approximate surface area is 153 Å². The lowest BCUT2D eigenvalue weighted by atomic mass is 10.2. The lowest BCUT2D eigenvalue weighted by molar-refractivity contribution is 0.793. The van der Waals surface area contributed by atoms with Gasteiger partial charge in [-0.1, -0.05) is 42.4 Å². The van der Waals surface area contributed by atoms with E-state index >= 15 is 0 Å². The molecule has 0 saturated carbocycles. The fraction of sp³-hybridized carbons (Fsp3) is 0.222. The van der Waals surface area contributed by atoms with E-state index in [4.69, 9.17) is 11.6 Å². The quantitative estimate of drug-likeness (QED) is 0.426. The highest BCUT2D eigenvalue weighted by atomic mass is 35.5. The zero-order chi connectivity index (χ0) is 16.7. The van der Waals surface area contributed by atoms with Gasteiger partial charge in [-0.2, -0.15) is 0 Å². The second-order valence-electron chi connectivity index (χ2n) is 5.67. The highest BCUT2D eigenvalue weighted by Gasteiger charge is 2.14. The minimum Gasteiger partial charge on any atom is -0.293 e. The molecule has 0 aliphatic rings. The Hall–Kier alpha value is -1.56. The van der Waals surface area contributed by atoms with Gasteiger partial charge in [0.1, 0.15) is 10.9 Å². The number of benzene rings is 1. The second kappa shape index (κ2) is 6.39. The van der Waals surface area contributed by atoms with Crippen molar-refractivity contribution in [2.75, 3.05) is 0 Å². The first-order chi connectivity index (χ1) is 11.7. The minimum atomic E-state index is 0.768. The van der Waals surface area contributed by atoms with Crippen LogP contribution in [-0.4, -0.2) is 14.6 Å². The summed E-state index contributed by atoms with van der Waals surface area (Å²) in [6.07, 6.45) is 0.863. The van der Waals surface area contributed by atoms with Crippen LogP contribution in [0.3, 0.4) is 0 Å². The van der Waals surface area contributed by atoms with Crippen LogP contribution in [0.2, 0.25) is 5.02 Å². The zero-order valence-corrected chi connectivity index (χ0v) is 15.8. The lowest BCUT2D eigenvalue weighted by Crippen LogP contribution is -2.03. The number of thiophene rings is 1. The largest absolute Gasteiger partial charge is 0.293 e. The van der Waals surface area contributed by atoms with E-state index in [2.05, 4.69) is 46.6 Å². The van der Waals surface area contributed by atoms with Crippen LogP contribution in [0.4, 0.5) is 0 Å². The summed E-state index contributed by atoms with van der Waals surface area (Å²) in [4.78, 5) is 1.32. The molecule has 0 saturated heterocycles. The third kappa shape index (κ3) is 2.81. The SMILES string of the molecule is CCc1nnc(SCc2cccc(Cl)c2)c2cc3sc(C)cc3n12. The number of rotatable bonds is 4. The van der Waals surface area contributed by atoms with Gasteiger partial charge in [-0.15, -0.1) is 21.5 Å². The molecular formula is C18H16ClN3S2. The van der Waals surface area contributed by atoms with Gasteiger partial charge >= 0.3 is 0 Å². The molecule has 4 aromatic rings. The predicted molar refractivity (Wildman–Crippen MR) is 103 cm³/mol. The van der Waals surface area contributed by atoms with E-state index in [-0.39, 0.29) is 0 Å². The van der Waals surface area contributed by atoms with E-state index < -0.39 is 0 Å². The van der Waals surface area contributed by atoms with Crippen molar-refractivity contribution in [1.29, 1.82) is 0 Å². The number of hydrogen-bond acceptors (Lipinski definition) is 4. The second-order valence-corrected chi connectivity index (χ2v) is 8.35. The van der Waals surface area contributed by atoms with E-state index in [1.54, 1.807) is 11.8 Å². The molecule has 0 amide bonds. The predicted octanol–water partition coefficient (Wildman–Crippen LogP) is 5.76. The molecule has 0 radical (unpaired) electrons. The number of aryl methyl sites for hydroxylation is 2. The topological polar surface area (TPSA) is 30.2 Å². The Morgan fingerprint density at radius 2 is 2.04 bits per heavy atom. The number of halogens is 1. The summed E-state index contributed by atoms with van der Waals surface area (Å²) in [6, 6.07) is 12.4. The van der Waals surface area contributed by atoms with Crippen molar-refractivity contribution >= 4 is 50.4 Å². The normalized spacial score (nSPS) is 11.6. The van der Waals surface area contributed by atoms with Crippen molar-refractivity contribution in [3.05, 3.63) is 57.7 Å². The molecule has 3 aromatic heterocycles. The Kier molecular flexibility index (Phi) is 4.24. The molecule has 0 fully saturated rings. The number of thioether (sulfide) groups is 1. The maximum Gasteiger partial charge on any atom is 0.143 e. The third-order valence-electron chi connectivity index (χ3n) is 3.93. The lowest BCUT2D eigenvalue weighted by Gasteiger charge is -2.07. The summed E-state index contributed by atoms with van der Waals surface area (Å²) in [7, 11) is 0. The van der Waals surface area contributed by atoms with Gasteiger partial charge < -0.3 is 0 Å². The van der Waals surface area contributed by atoms with Gasteiger partial charge in [-0.25, -0.2) is 0 Å². The molecule has 0 bridgehead atoms. The van der Waals surface area contributed by atoms with Gasteiger partial charge in [-0.05, 0) is 36.8 Å². The number of fused-ring (bicyclic) bond motifs is 3. The van der Waals surface area contributed by atoms with Gasteiger partial charge in [0, 0.05) is 22.1 Å². The first kappa shape index (κ1) is 15.9. The Morgan fingerprint density at radius 3 is 2.83 bits per heavy atom. The molecule has 6 heteroatoms. The number of aromatic nitrogens is 3. The van der Waals surface area contributed by atoms with E-state index in [9.17, 15) is 0 Å². The van der Waals surface area contributed by atoms with Gasteiger partial charge in [0.2, 0.25) is 0 Å². The fourth-order valence-electron chi connectivity index (χ4n) is 2.86. The maximum atomic E-state index is 6.07. The highest BCUT2D eigenvalue weighted by Crippen LogP contribution is 2.34. The van der Waals surface area contributed by atoms with E-state index in [1.807, 2.05) is 29.5 Å². The number of nitrogens with zero attached hydrogens (tertiary/aromatic N) is 3. The van der Waals surface area contributed by atoms with E-state index in [0.717, 1.165) is 33.6 Å². The Bertz CT molecular complexity index is 1040. The van der Waals surface area contributed by atoms with Crippen LogP contribution in [0.15, 0.2) is 41.4 Å². The first-order valence-electron chi connectivity index (χ1n) is 7.80. The molecule has 0 aliphatic carbocycles.